The second-order valence-corrected chi connectivity index (χ2v) is 7.27. The third-order valence-electron chi connectivity index (χ3n) is 4.86. The number of carbonyl (C=O) groups excluding carboxylic acids is 2. The Kier molecular flexibility index (Phi) is 4.55. The molecule has 0 saturated carbocycles. The molecule has 6 heteroatoms. The largest absolute Gasteiger partial charge is 0.320 e. The quantitative estimate of drug-likeness (QED) is 0.910. The fraction of sp³-hybridized carbons (Fsp3) is 0.368. The molecule has 4 rings (SSSR count). The van der Waals surface area contributed by atoms with E-state index >= 15 is 0 Å². The van der Waals surface area contributed by atoms with Crippen LogP contribution in [-0.4, -0.2) is 36.3 Å². The summed E-state index contributed by atoms with van der Waals surface area (Å²) >= 11 is 1.45. The zero-order valence-electron chi connectivity index (χ0n) is 14.0. The number of likely N-dealkylation sites (tertiary alicyclic amines) is 1. The van der Waals surface area contributed by atoms with Gasteiger partial charge in [0.05, 0.1) is 22.6 Å². The van der Waals surface area contributed by atoms with Crippen LogP contribution in [0.2, 0.25) is 0 Å². The van der Waals surface area contributed by atoms with Gasteiger partial charge in [-0.25, -0.2) is 0 Å². The average molecular weight is 355 g/mol. The Morgan fingerprint density at radius 3 is 2.72 bits per heavy atom. The Balaban J connectivity index is 1.62. The van der Waals surface area contributed by atoms with E-state index in [1.54, 1.807) is 4.90 Å². The Morgan fingerprint density at radius 2 is 1.88 bits per heavy atom. The third kappa shape index (κ3) is 3.19. The minimum absolute atomic E-state index is 0.0363. The Bertz CT molecular complexity index is 795. The number of nitrogens with one attached hydrogen (secondary N) is 1. The molecule has 2 amide bonds. The van der Waals surface area contributed by atoms with Crippen molar-refractivity contribution in [2.75, 3.05) is 29.9 Å². The van der Waals surface area contributed by atoms with Crippen LogP contribution in [0.4, 0.5) is 17.1 Å². The SMILES string of the molecule is O=C1Nc2ccccc2N(C(=O)CCN2CCCCC2)c2cscc21. The molecule has 25 heavy (non-hydrogen) atoms. The maximum Gasteiger partial charge on any atom is 0.258 e. The summed E-state index contributed by atoms with van der Waals surface area (Å²) in [5.74, 6) is -0.121. The minimum atomic E-state index is -0.157. The van der Waals surface area contributed by atoms with Crippen molar-refractivity contribution in [3.63, 3.8) is 0 Å². The molecule has 0 atom stereocenters. The van der Waals surface area contributed by atoms with E-state index in [1.165, 1.54) is 30.6 Å². The number of nitrogens with zero attached hydrogens (tertiary/aromatic N) is 2. The van der Waals surface area contributed by atoms with Crippen molar-refractivity contribution in [1.82, 2.24) is 4.90 Å². The Morgan fingerprint density at radius 1 is 1.08 bits per heavy atom. The first-order valence-electron chi connectivity index (χ1n) is 8.76. The van der Waals surface area contributed by atoms with Crippen molar-refractivity contribution in [3.05, 3.63) is 40.6 Å². The minimum Gasteiger partial charge on any atom is -0.320 e. The van der Waals surface area contributed by atoms with E-state index in [-0.39, 0.29) is 11.8 Å². The number of rotatable bonds is 3. The molecule has 2 aliphatic rings. The molecule has 1 aromatic carbocycles. The molecule has 1 aromatic heterocycles. The van der Waals surface area contributed by atoms with Gasteiger partial charge in [0.15, 0.2) is 0 Å². The van der Waals surface area contributed by atoms with Crippen molar-refractivity contribution in [2.24, 2.45) is 0 Å². The lowest BCUT2D eigenvalue weighted by molar-refractivity contribution is -0.118. The summed E-state index contributed by atoms with van der Waals surface area (Å²) in [6.45, 7) is 2.93. The van der Waals surface area contributed by atoms with Crippen molar-refractivity contribution in [1.29, 1.82) is 0 Å². The number of piperidine rings is 1. The van der Waals surface area contributed by atoms with Gasteiger partial charge in [-0.3, -0.25) is 14.5 Å². The molecule has 1 N–H and O–H groups in total. The fourth-order valence-corrected chi connectivity index (χ4v) is 4.34. The molecule has 130 valence electrons. The third-order valence-corrected chi connectivity index (χ3v) is 5.59. The van der Waals surface area contributed by atoms with Gasteiger partial charge in [-0.1, -0.05) is 18.6 Å². The normalized spacial score (nSPS) is 17.4. The van der Waals surface area contributed by atoms with Gasteiger partial charge in [-0.2, -0.15) is 0 Å². The number of thiophene rings is 1. The maximum atomic E-state index is 13.1. The number of carbonyl (C=O) groups is 2. The maximum absolute atomic E-state index is 13.1. The Labute approximate surface area is 151 Å². The first-order valence-corrected chi connectivity index (χ1v) is 9.70. The van der Waals surface area contributed by atoms with E-state index in [0.717, 1.165) is 25.3 Å². The first kappa shape index (κ1) is 16.3. The highest BCUT2D eigenvalue weighted by Crippen LogP contribution is 2.39. The van der Waals surface area contributed by atoms with Crippen molar-refractivity contribution in [2.45, 2.75) is 25.7 Å². The number of para-hydroxylation sites is 2. The van der Waals surface area contributed by atoms with E-state index < -0.39 is 0 Å². The second kappa shape index (κ2) is 6.98. The summed E-state index contributed by atoms with van der Waals surface area (Å²) in [6.07, 6.45) is 4.18. The molecule has 0 bridgehead atoms. The molecule has 0 aliphatic carbocycles. The highest BCUT2D eigenvalue weighted by atomic mass is 32.1. The molecule has 3 heterocycles. The number of benzene rings is 1. The molecule has 0 spiro atoms. The van der Waals surface area contributed by atoms with E-state index in [0.29, 0.717) is 23.4 Å². The molecule has 1 saturated heterocycles. The number of anilines is 3. The molecular weight excluding hydrogens is 334 g/mol. The standard InChI is InChI=1S/C19H21N3O2S/c23-18(8-11-21-9-4-1-5-10-21)22-16-7-3-2-6-15(16)20-19(24)14-12-25-13-17(14)22/h2-3,6-7,12-13H,1,4-5,8-11H2,(H,20,24). The van der Waals surface area contributed by atoms with Gasteiger partial charge < -0.3 is 10.2 Å². The summed E-state index contributed by atoms with van der Waals surface area (Å²) < 4.78 is 0. The Hall–Kier alpha value is -2.18. The van der Waals surface area contributed by atoms with Gasteiger partial charge in [-0.05, 0) is 38.1 Å². The topological polar surface area (TPSA) is 52.7 Å². The van der Waals surface area contributed by atoms with Crippen LogP contribution >= 0.6 is 11.3 Å². The van der Waals surface area contributed by atoms with E-state index in [9.17, 15) is 9.59 Å². The van der Waals surface area contributed by atoms with Crippen molar-refractivity contribution < 1.29 is 9.59 Å². The number of amides is 2. The van der Waals surface area contributed by atoms with Gasteiger partial charge in [0, 0.05) is 23.7 Å². The summed E-state index contributed by atoms with van der Waals surface area (Å²) in [4.78, 5) is 29.6. The zero-order chi connectivity index (χ0) is 17.2. The van der Waals surface area contributed by atoms with Crippen LogP contribution in [0.3, 0.4) is 0 Å². The van der Waals surface area contributed by atoms with Crippen LogP contribution < -0.4 is 10.2 Å². The smallest absolute Gasteiger partial charge is 0.258 e. The molecule has 0 unspecified atom stereocenters. The second-order valence-electron chi connectivity index (χ2n) is 6.52. The van der Waals surface area contributed by atoms with Crippen molar-refractivity contribution in [3.8, 4) is 0 Å². The molecule has 1 fully saturated rings. The number of fused-ring (bicyclic) bond motifs is 2. The van der Waals surface area contributed by atoms with Gasteiger partial charge in [-0.15, -0.1) is 11.3 Å². The van der Waals surface area contributed by atoms with E-state index in [2.05, 4.69) is 10.2 Å². The molecule has 0 radical (unpaired) electrons. The predicted molar refractivity (Wildman–Crippen MR) is 101 cm³/mol. The van der Waals surface area contributed by atoms with E-state index in [4.69, 9.17) is 0 Å². The van der Waals surface area contributed by atoms with Crippen LogP contribution in [0, 0.1) is 0 Å². The lowest BCUT2D eigenvalue weighted by Gasteiger charge is -2.28. The average Bonchev–Trinajstić information content (AvgIpc) is 3.08. The van der Waals surface area contributed by atoms with Crippen LogP contribution in [0.1, 0.15) is 36.0 Å². The monoisotopic (exact) mass is 355 g/mol. The number of hydrogen-bond donors (Lipinski definition) is 1. The zero-order valence-corrected chi connectivity index (χ0v) is 14.8. The van der Waals surface area contributed by atoms with E-state index in [1.807, 2.05) is 35.0 Å². The van der Waals surface area contributed by atoms with Crippen LogP contribution in [-0.2, 0) is 4.79 Å². The van der Waals surface area contributed by atoms with Crippen LogP contribution in [0.15, 0.2) is 35.0 Å². The summed E-state index contributed by atoms with van der Waals surface area (Å²) in [7, 11) is 0. The van der Waals surface area contributed by atoms with Crippen LogP contribution in [0.5, 0.6) is 0 Å². The molecular formula is C19H21N3O2S. The van der Waals surface area contributed by atoms with Gasteiger partial charge >= 0.3 is 0 Å². The fourth-order valence-electron chi connectivity index (χ4n) is 3.54. The highest BCUT2D eigenvalue weighted by molar-refractivity contribution is 7.08. The molecule has 2 aromatic rings. The highest BCUT2D eigenvalue weighted by Gasteiger charge is 2.30. The summed E-state index contributed by atoms with van der Waals surface area (Å²) in [5, 5.41) is 6.61. The number of hydrogen-bond acceptors (Lipinski definition) is 4. The first-order chi connectivity index (χ1) is 12.2. The van der Waals surface area contributed by atoms with Crippen molar-refractivity contribution >= 4 is 40.2 Å². The molecule has 2 aliphatic heterocycles. The van der Waals surface area contributed by atoms with Gasteiger partial charge in [0.1, 0.15) is 0 Å². The summed E-state index contributed by atoms with van der Waals surface area (Å²) in [5.41, 5.74) is 2.68. The lowest BCUT2D eigenvalue weighted by atomic mass is 10.1. The summed E-state index contributed by atoms with van der Waals surface area (Å²) in [6, 6.07) is 7.50. The van der Waals surface area contributed by atoms with Gasteiger partial charge in [0.2, 0.25) is 5.91 Å². The lowest BCUT2D eigenvalue weighted by Crippen LogP contribution is -2.34. The predicted octanol–water partition coefficient (Wildman–Crippen LogP) is 3.85. The molecule has 5 nitrogen and oxygen atoms in total. The van der Waals surface area contributed by atoms with Crippen LogP contribution in [0.25, 0.3) is 0 Å². The van der Waals surface area contributed by atoms with Gasteiger partial charge in [0.25, 0.3) is 5.91 Å².